The molecule has 4 heterocycles. The van der Waals surface area contributed by atoms with E-state index in [1.807, 2.05) is 91.3 Å². The molecular formula is C32H26ClN7O. The summed E-state index contributed by atoms with van der Waals surface area (Å²) in [6, 6.07) is 29.4. The molecule has 8 nitrogen and oxygen atoms in total. The number of aryl methyl sites for hydroxylation is 1. The Bertz CT molecular complexity index is 1810. The first-order valence-corrected chi connectivity index (χ1v) is 13.8. The van der Waals surface area contributed by atoms with Crippen molar-refractivity contribution in [2.75, 3.05) is 16.8 Å². The minimum Gasteiger partial charge on any atom is -0.492 e. The number of pyridine rings is 1. The van der Waals surface area contributed by atoms with Gasteiger partial charge in [0.2, 0.25) is 0 Å². The predicted octanol–water partition coefficient (Wildman–Crippen LogP) is 7.42. The Morgan fingerprint density at radius 2 is 1.68 bits per heavy atom. The molecule has 41 heavy (non-hydrogen) atoms. The smallest absolute Gasteiger partial charge is 0.179 e. The van der Waals surface area contributed by atoms with Gasteiger partial charge in [0.05, 0.1) is 35.4 Å². The fourth-order valence-electron chi connectivity index (χ4n) is 5.38. The topological polar surface area (TPSA) is 79.9 Å². The lowest BCUT2D eigenvalue weighted by atomic mass is 9.93. The van der Waals surface area contributed by atoms with E-state index in [9.17, 15) is 0 Å². The molecular weight excluding hydrogens is 534 g/mol. The molecule has 1 atom stereocenters. The van der Waals surface area contributed by atoms with Gasteiger partial charge in [-0.05, 0) is 67.9 Å². The van der Waals surface area contributed by atoms with Crippen LogP contribution >= 0.6 is 11.6 Å². The Morgan fingerprint density at radius 3 is 2.49 bits per heavy atom. The number of hydrogen-bond acceptors (Lipinski definition) is 7. The number of ether oxygens (including phenoxy) is 1. The number of benzene rings is 3. The number of para-hydroxylation sites is 4. The largest absolute Gasteiger partial charge is 0.492 e. The summed E-state index contributed by atoms with van der Waals surface area (Å²) in [4.78, 5) is 17.1. The molecule has 1 N–H and O–H groups in total. The zero-order valence-corrected chi connectivity index (χ0v) is 23.2. The van der Waals surface area contributed by atoms with Crippen molar-refractivity contribution in [3.05, 3.63) is 119 Å². The van der Waals surface area contributed by atoms with E-state index in [0.29, 0.717) is 34.9 Å². The van der Waals surface area contributed by atoms with Crippen LogP contribution in [-0.2, 0) is 0 Å². The van der Waals surface area contributed by atoms with E-state index < -0.39 is 0 Å². The third kappa shape index (κ3) is 4.33. The molecule has 0 spiro atoms. The average molecular weight is 560 g/mol. The minimum atomic E-state index is -0.247. The van der Waals surface area contributed by atoms with Crippen molar-refractivity contribution in [3.63, 3.8) is 0 Å². The van der Waals surface area contributed by atoms with Gasteiger partial charge >= 0.3 is 0 Å². The molecule has 202 valence electrons. The van der Waals surface area contributed by atoms with Crippen molar-refractivity contribution in [2.45, 2.75) is 19.9 Å². The van der Waals surface area contributed by atoms with Gasteiger partial charge in [-0.15, -0.1) is 0 Å². The first-order chi connectivity index (χ1) is 20.1. The average Bonchev–Trinajstić information content (AvgIpc) is 3.34. The maximum absolute atomic E-state index is 6.34. The highest BCUT2D eigenvalue weighted by molar-refractivity contribution is 6.51. The highest BCUT2D eigenvalue weighted by Crippen LogP contribution is 2.48. The van der Waals surface area contributed by atoms with Crippen molar-refractivity contribution in [2.24, 2.45) is 9.98 Å². The van der Waals surface area contributed by atoms with Crippen molar-refractivity contribution >= 4 is 46.2 Å². The van der Waals surface area contributed by atoms with Crippen LogP contribution in [0.2, 0.25) is 5.02 Å². The van der Waals surface area contributed by atoms with Crippen LogP contribution in [0.3, 0.4) is 0 Å². The number of aliphatic imine (C=N–C) groups is 2. The lowest BCUT2D eigenvalue weighted by molar-refractivity contribution is 0.342. The zero-order chi connectivity index (χ0) is 27.9. The molecule has 3 aromatic carbocycles. The first kappa shape index (κ1) is 25.0. The molecule has 2 aliphatic heterocycles. The standard InChI is InChI=1S/C32H26ClN7O/c1-3-41-26-13-7-5-11-24(26)36-30-32-37-31-28(20(2)38-40(31)27-14-8-9-19-34-27)29(21-15-17-22(33)18-16-21)39(32)25-12-6-4-10-23(25)35-30/h4-19,29H,3H2,1-2H3,(H,35,36). The Morgan fingerprint density at radius 1 is 0.902 bits per heavy atom. The summed E-state index contributed by atoms with van der Waals surface area (Å²) in [5.74, 6) is 3.41. The summed E-state index contributed by atoms with van der Waals surface area (Å²) in [5, 5.41) is 9.15. The molecule has 2 aliphatic rings. The number of halogens is 1. The molecule has 9 heteroatoms. The number of nitrogens with one attached hydrogen (secondary N) is 1. The highest BCUT2D eigenvalue weighted by Gasteiger charge is 2.41. The van der Waals surface area contributed by atoms with E-state index in [2.05, 4.69) is 33.4 Å². The Kier molecular flexibility index (Phi) is 6.24. The van der Waals surface area contributed by atoms with E-state index in [-0.39, 0.29) is 6.04 Å². The lowest BCUT2D eigenvalue weighted by Crippen LogP contribution is -2.46. The fourth-order valence-corrected chi connectivity index (χ4v) is 5.50. The van der Waals surface area contributed by atoms with Crippen LogP contribution in [0.25, 0.3) is 5.82 Å². The third-order valence-corrected chi connectivity index (χ3v) is 7.38. The fraction of sp³-hybridized carbons (Fsp3) is 0.125. The molecule has 7 rings (SSSR count). The van der Waals surface area contributed by atoms with Crippen molar-refractivity contribution in [1.29, 1.82) is 0 Å². The van der Waals surface area contributed by atoms with Gasteiger partial charge in [0, 0.05) is 16.8 Å². The maximum atomic E-state index is 6.34. The van der Waals surface area contributed by atoms with Crippen molar-refractivity contribution in [3.8, 4) is 11.6 Å². The van der Waals surface area contributed by atoms with Crippen molar-refractivity contribution in [1.82, 2.24) is 14.8 Å². The molecule has 1 unspecified atom stereocenters. The summed E-state index contributed by atoms with van der Waals surface area (Å²) in [5.41, 5.74) is 5.50. The second-order valence-corrected chi connectivity index (χ2v) is 10.1. The van der Waals surface area contributed by atoms with Gasteiger partial charge in [0.25, 0.3) is 0 Å². The van der Waals surface area contributed by atoms with Gasteiger partial charge in [-0.1, -0.05) is 54.1 Å². The van der Waals surface area contributed by atoms with Gasteiger partial charge in [0.1, 0.15) is 5.75 Å². The van der Waals surface area contributed by atoms with Gasteiger partial charge < -0.3 is 15.0 Å². The van der Waals surface area contributed by atoms with E-state index >= 15 is 0 Å². The van der Waals surface area contributed by atoms with E-state index in [1.165, 1.54) is 0 Å². The van der Waals surface area contributed by atoms with Crippen LogP contribution in [0.5, 0.6) is 5.75 Å². The third-order valence-electron chi connectivity index (χ3n) is 7.13. The number of hydrogen-bond donors (Lipinski definition) is 1. The second kappa shape index (κ2) is 10.2. The van der Waals surface area contributed by atoms with E-state index in [0.717, 1.165) is 39.6 Å². The predicted molar refractivity (Wildman–Crippen MR) is 164 cm³/mol. The molecule has 0 aliphatic carbocycles. The summed E-state index contributed by atoms with van der Waals surface area (Å²) in [6.07, 6.45) is 1.76. The van der Waals surface area contributed by atoms with E-state index in [1.54, 1.807) is 6.20 Å². The van der Waals surface area contributed by atoms with Crippen LogP contribution in [0.1, 0.15) is 29.8 Å². The van der Waals surface area contributed by atoms with E-state index in [4.69, 9.17) is 31.4 Å². The van der Waals surface area contributed by atoms with Crippen LogP contribution in [-0.4, -0.2) is 33.0 Å². The SMILES string of the molecule is CCOc1ccccc1NC1=Nc2ccccc2N2C1=Nc1c(c(C)nn1-c1ccccn1)C2c1ccc(Cl)cc1. The van der Waals surface area contributed by atoms with Crippen LogP contribution in [0.15, 0.2) is 107 Å². The maximum Gasteiger partial charge on any atom is 0.179 e. The first-order valence-electron chi connectivity index (χ1n) is 13.4. The Hall–Kier alpha value is -4.95. The molecule has 0 amide bonds. The normalized spacial score (nSPS) is 15.3. The molecule has 0 radical (unpaired) electrons. The van der Waals surface area contributed by atoms with Gasteiger partial charge in [0.15, 0.2) is 23.3 Å². The number of rotatable bonds is 5. The molecule has 0 saturated heterocycles. The molecule has 5 aromatic rings. The summed E-state index contributed by atoms with van der Waals surface area (Å²) in [6.45, 7) is 4.53. The zero-order valence-electron chi connectivity index (χ0n) is 22.5. The monoisotopic (exact) mass is 559 g/mol. The lowest BCUT2D eigenvalue weighted by Gasteiger charge is -2.40. The number of anilines is 2. The van der Waals surface area contributed by atoms with Gasteiger partial charge in [-0.3, -0.25) is 0 Å². The second-order valence-electron chi connectivity index (χ2n) is 9.69. The molecule has 0 saturated carbocycles. The summed E-state index contributed by atoms with van der Waals surface area (Å²) < 4.78 is 7.73. The summed E-state index contributed by atoms with van der Waals surface area (Å²) in [7, 11) is 0. The number of fused-ring (bicyclic) bond motifs is 4. The molecule has 0 fully saturated rings. The molecule has 2 aromatic heterocycles. The van der Waals surface area contributed by atoms with Crippen LogP contribution < -0.4 is 15.0 Å². The van der Waals surface area contributed by atoms with Crippen LogP contribution in [0.4, 0.5) is 22.9 Å². The summed E-state index contributed by atoms with van der Waals surface area (Å²) >= 11 is 6.34. The number of nitrogens with zero attached hydrogens (tertiary/aromatic N) is 6. The van der Waals surface area contributed by atoms with Gasteiger partial charge in [-0.25, -0.2) is 15.0 Å². The molecule has 0 bridgehead atoms. The Balaban J connectivity index is 1.48. The number of aromatic nitrogens is 3. The minimum absolute atomic E-state index is 0.247. The number of amidine groups is 2. The van der Waals surface area contributed by atoms with Crippen molar-refractivity contribution < 1.29 is 4.74 Å². The highest BCUT2D eigenvalue weighted by atomic mass is 35.5. The quantitative estimate of drug-likeness (QED) is 0.242. The Labute approximate surface area is 242 Å². The van der Waals surface area contributed by atoms with Crippen LogP contribution in [0, 0.1) is 6.92 Å². The van der Waals surface area contributed by atoms with Gasteiger partial charge in [-0.2, -0.15) is 9.78 Å².